The van der Waals surface area contributed by atoms with E-state index in [1.165, 1.54) is 0 Å². The highest BCUT2D eigenvalue weighted by Gasteiger charge is 2.71. The number of halogens is 16. The van der Waals surface area contributed by atoms with Gasteiger partial charge in [-0.3, -0.25) is 0 Å². The van der Waals surface area contributed by atoms with E-state index in [0.29, 0.717) is 0 Å². The smallest absolute Gasteiger partial charge is 0.368 e. The molecule has 1 nitrogen and oxygen atoms in total. The molecule has 0 spiro atoms. The van der Waals surface area contributed by atoms with Crippen molar-refractivity contribution in [3.63, 3.8) is 0 Å². The number of rotatable bonds is 8. The van der Waals surface area contributed by atoms with Crippen LogP contribution in [0.5, 0.6) is 0 Å². The first-order chi connectivity index (χ1) is 11.5. The minimum atomic E-state index is -6.61. The summed E-state index contributed by atoms with van der Waals surface area (Å²) in [5.74, 6) is -25.6. The first-order valence-corrected chi connectivity index (χ1v) is 6.02. The van der Waals surface area contributed by atoms with Crippen molar-refractivity contribution in [2.24, 2.45) is 0 Å². The fourth-order valence-electron chi connectivity index (χ4n) is 1.28. The average Bonchev–Trinajstić information content (AvgIpc) is 2.42. The minimum Gasteiger partial charge on any atom is -0.368 e. The zero-order valence-corrected chi connectivity index (χ0v) is 12.0. The molecular formula is C10H6F16O. The van der Waals surface area contributed by atoms with Crippen molar-refractivity contribution in [3.8, 4) is 0 Å². The van der Waals surface area contributed by atoms with Gasteiger partial charge in [-0.25, -0.2) is 8.78 Å². The third-order valence-corrected chi connectivity index (χ3v) is 2.75. The highest BCUT2D eigenvalue weighted by molar-refractivity contribution is 4.96. The number of ether oxygens (including phenoxy) is 1. The van der Waals surface area contributed by atoms with E-state index in [2.05, 4.69) is 4.74 Å². The summed E-state index contributed by atoms with van der Waals surface area (Å²) in [5, 5.41) is 0. The van der Waals surface area contributed by atoms with Crippen molar-refractivity contribution in [3.05, 3.63) is 0 Å². The van der Waals surface area contributed by atoms with Crippen LogP contribution in [0.1, 0.15) is 0 Å². The van der Waals surface area contributed by atoms with Crippen LogP contribution < -0.4 is 0 Å². The molecule has 2 unspecified atom stereocenters. The predicted octanol–water partition coefficient (Wildman–Crippen LogP) is 5.35. The molecule has 0 saturated carbocycles. The Morgan fingerprint density at radius 3 is 0.889 bits per heavy atom. The standard InChI is InChI=1S/C10H6F16O/c11-3(9(21,22)23)7(17,18)5(13,14)1-27-2-6(15,16)8(19,20)4(12)10(24,25)26/h3-4H,1-2H2. The van der Waals surface area contributed by atoms with Crippen molar-refractivity contribution in [2.45, 2.75) is 48.4 Å². The quantitative estimate of drug-likeness (QED) is 0.458. The predicted molar refractivity (Wildman–Crippen MR) is 52.5 cm³/mol. The Bertz CT molecular complexity index is 446. The molecule has 0 amide bonds. The third kappa shape index (κ3) is 5.43. The molecule has 0 heterocycles. The van der Waals surface area contributed by atoms with Crippen LogP contribution in [0.2, 0.25) is 0 Å². The lowest BCUT2D eigenvalue weighted by Crippen LogP contribution is -2.57. The van der Waals surface area contributed by atoms with E-state index in [0.717, 1.165) is 0 Å². The van der Waals surface area contributed by atoms with Crippen LogP contribution in [-0.2, 0) is 4.74 Å². The lowest BCUT2D eigenvalue weighted by Gasteiger charge is -2.32. The van der Waals surface area contributed by atoms with Crippen molar-refractivity contribution < 1.29 is 75.0 Å². The molecule has 0 aromatic heterocycles. The monoisotopic (exact) mass is 446 g/mol. The average molecular weight is 446 g/mol. The van der Waals surface area contributed by atoms with Gasteiger partial charge in [0.05, 0.1) is 0 Å². The summed E-state index contributed by atoms with van der Waals surface area (Å²) in [5.41, 5.74) is 0. The summed E-state index contributed by atoms with van der Waals surface area (Å²) in [6, 6.07) is 0. The van der Waals surface area contributed by atoms with Crippen molar-refractivity contribution in [2.75, 3.05) is 13.2 Å². The molecule has 0 aliphatic heterocycles. The maximum atomic E-state index is 12.9. The van der Waals surface area contributed by atoms with Crippen LogP contribution in [0.3, 0.4) is 0 Å². The SMILES string of the molecule is FC(C(F)(F)F)C(F)(F)C(F)(F)COCC(F)(F)C(F)(F)C(F)C(F)(F)F. The molecule has 17 heteroatoms. The van der Waals surface area contributed by atoms with Gasteiger partial charge >= 0.3 is 36.0 Å². The summed E-state index contributed by atoms with van der Waals surface area (Å²) in [7, 11) is 0. The van der Waals surface area contributed by atoms with Crippen LogP contribution >= 0.6 is 0 Å². The van der Waals surface area contributed by atoms with Gasteiger partial charge in [0.2, 0.25) is 0 Å². The molecule has 0 rings (SSSR count). The highest BCUT2D eigenvalue weighted by Crippen LogP contribution is 2.46. The topological polar surface area (TPSA) is 9.23 Å². The third-order valence-electron chi connectivity index (χ3n) is 2.75. The van der Waals surface area contributed by atoms with E-state index >= 15 is 0 Å². The zero-order valence-electron chi connectivity index (χ0n) is 12.0. The van der Waals surface area contributed by atoms with Gasteiger partial charge in [-0.2, -0.15) is 61.5 Å². The summed E-state index contributed by atoms with van der Waals surface area (Å²) in [4.78, 5) is 0. The molecule has 0 aromatic rings. The highest BCUT2D eigenvalue weighted by atomic mass is 19.4. The van der Waals surface area contributed by atoms with Gasteiger partial charge < -0.3 is 4.74 Å². The molecule has 164 valence electrons. The van der Waals surface area contributed by atoms with Crippen LogP contribution in [0.25, 0.3) is 0 Å². The van der Waals surface area contributed by atoms with Gasteiger partial charge in [-0.05, 0) is 0 Å². The Kier molecular flexibility index (Phi) is 7.03. The van der Waals surface area contributed by atoms with E-state index in [-0.39, 0.29) is 0 Å². The zero-order chi connectivity index (χ0) is 22.3. The first-order valence-electron chi connectivity index (χ1n) is 6.02. The van der Waals surface area contributed by atoms with Crippen LogP contribution in [0.15, 0.2) is 0 Å². The van der Waals surface area contributed by atoms with Crippen LogP contribution in [0, 0.1) is 0 Å². The molecule has 0 aromatic carbocycles. The molecule has 0 fully saturated rings. The number of hydrogen-bond acceptors (Lipinski definition) is 1. The molecule has 27 heavy (non-hydrogen) atoms. The number of hydrogen-bond donors (Lipinski definition) is 0. The molecule has 2 atom stereocenters. The van der Waals surface area contributed by atoms with Crippen molar-refractivity contribution in [1.82, 2.24) is 0 Å². The fraction of sp³-hybridized carbons (Fsp3) is 1.00. The maximum absolute atomic E-state index is 12.9. The second-order valence-electron chi connectivity index (χ2n) is 4.96. The van der Waals surface area contributed by atoms with Crippen LogP contribution in [0.4, 0.5) is 70.2 Å². The van der Waals surface area contributed by atoms with Gasteiger partial charge in [-0.15, -0.1) is 0 Å². The Morgan fingerprint density at radius 2 is 0.704 bits per heavy atom. The minimum absolute atomic E-state index is 2.93. The summed E-state index contributed by atoms with van der Waals surface area (Å²) in [6.45, 7) is -6.46. The molecule has 0 radical (unpaired) electrons. The Balaban J connectivity index is 5.23. The van der Waals surface area contributed by atoms with Crippen molar-refractivity contribution >= 4 is 0 Å². The Labute approximate surface area is 138 Å². The Hall–Kier alpha value is -1.16. The second kappa shape index (κ2) is 7.35. The normalized spacial score (nSPS) is 17.8. The summed E-state index contributed by atoms with van der Waals surface area (Å²) in [6.07, 6.45) is -24.1. The molecular weight excluding hydrogens is 440 g/mol. The fourth-order valence-corrected chi connectivity index (χ4v) is 1.28. The first kappa shape index (κ1) is 25.8. The van der Waals surface area contributed by atoms with Gasteiger partial charge in [-0.1, -0.05) is 0 Å². The van der Waals surface area contributed by atoms with Gasteiger partial charge in [0.25, 0.3) is 12.3 Å². The molecule has 0 bridgehead atoms. The van der Waals surface area contributed by atoms with E-state index in [4.69, 9.17) is 0 Å². The molecule has 0 saturated heterocycles. The lowest BCUT2D eigenvalue weighted by molar-refractivity contribution is -0.330. The van der Waals surface area contributed by atoms with E-state index < -0.39 is 61.6 Å². The second-order valence-corrected chi connectivity index (χ2v) is 4.96. The van der Waals surface area contributed by atoms with E-state index in [1.807, 2.05) is 0 Å². The number of alkyl halides is 16. The van der Waals surface area contributed by atoms with Gasteiger partial charge in [0.1, 0.15) is 13.2 Å². The van der Waals surface area contributed by atoms with Gasteiger partial charge in [0.15, 0.2) is 0 Å². The Morgan fingerprint density at radius 1 is 0.481 bits per heavy atom. The summed E-state index contributed by atoms with van der Waals surface area (Å²) < 4.78 is 201. The van der Waals surface area contributed by atoms with E-state index in [9.17, 15) is 70.2 Å². The largest absolute Gasteiger partial charge is 0.425 e. The van der Waals surface area contributed by atoms with Crippen molar-refractivity contribution in [1.29, 1.82) is 0 Å². The summed E-state index contributed by atoms with van der Waals surface area (Å²) >= 11 is 0. The molecule has 0 aliphatic rings. The van der Waals surface area contributed by atoms with E-state index in [1.54, 1.807) is 0 Å². The van der Waals surface area contributed by atoms with Gasteiger partial charge in [0, 0.05) is 0 Å². The lowest BCUT2D eigenvalue weighted by atomic mass is 10.1. The maximum Gasteiger partial charge on any atom is 0.425 e. The molecule has 0 aliphatic carbocycles. The molecule has 0 N–H and O–H groups in total. The van der Waals surface area contributed by atoms with Crippen LogP contribution in [-0.4, -0.2) is 61.6 Å².